The Morgan fingerprint density at radius 2 is 1.29 bits per heavy atom. The van der Waals surface area contributed by atoms with Crippen LogP contribution in [0.3, 0.4) is 0 Å². The summed E-state index contributed by atoms with van der Waals surface area (Å²) < 4.78 is 11.7. The maximum absolute atomic E-state index is 5.87. The van der Waals surface area contributed by atoms with Crippen LogP contribution in [0.4, 0.5) is 0 Å². The summed E-state index contributed by atoms with van der Waals surface area (Å²) in [5.41, 5.74) is 7.00. The van der Waals surface area contributed by atoms with Gasteiger partial charge in [-0.05, 0) is 73.2 Å². The van der Waals surface area contributed by atoms with Crippen LogP contribution in [0.15, 0.2) is 86.0 Å². The smallest absolute Gasteiger partial charge is 0.122 e. The molecule has 2 nitrogen and oxygen atoms in total. The lowest BCUT2D eigenvalue weighted by Crippen LogP contribution is -2.34. The van der Waals surface area contributed by atoms with Gasteiger partial charge in [-0.2, -0.15) is 0 Å². The van der Waals surface area contributed by atoms with Gasteiger partial charge in [-0.15, -0.1) is 13.2 Å². The lowest BCUT2D eigenvalue weighted by Gasteiger charge is -2.38. The van der Waals surface area contributed by atoms with E-state index in [4.69, 9.17) is 9.47 Å². The largest absolute Gasteiger partial charge is 0.494 e. The van der Waals surface area contributed by atoms with Crippen molar-refractivity contribution in [3.63, 3.8) is 0 Å². The van der Waals surface area contributed by atoms with Crippen LogP contribution in [-0.4, -0.2) is 13.2 Å². The third-order valence-corrected chi connectivity index (χ3v) is 7.00. The van der Waals surface area contributed by atoms with Crippen molar-refractivity contribution in [1.29, 1.82) is 0 Å². The minimum Gasteiger partial charge on any atom is -0.494 e. The summed E-state index contributed by atoms with van der Waals surface area (Å²) in [6, 6.07) is 22.0. The summed E-state index contributed by atoms with van der Waals surface area (Å²) in [6.45, 7) is 22.1. The first-order valence-electron chi connectivity index (χ1n) is 12.8. The molecule has 2 unspecified atom stereocenters. The molecule has 0 N–H and O–H groups in total. The highest BCUT2D eigenvalue weighted by Crippen LogP contribution is 2.59. The quantitative estimate of drug-likeness (QED) is 0.308. The topological polar surface area (TPSA) is 18.5 Å². The average Bonchev–Trinajstić information content (AvgIpc) is 3.18. The van der Waals surface area contributed by atoms with Gasteiger partial charge in [-0.25, -0.2) is 0 Å². The van der Waals surface area contributed by atoms with Crippen LogP contribution in [-0.2, 0) is 5.41 Å². The second-order valence-corrected chi connectivity index (χ2v) is 8.74. The molecule has 0 saturated carbocycles. The Kier molecular flexibility index (Phi) is 8.62. The fraction of sp³-hybridized carbons (Fsp3) is 0.333. The maximum atomic E-state index is 5.87. The van der Waals surface area contributed by atoms with Gasteiger partial charge in [-0.1, -0.05) is 74.5 Å². The molecule has 0 aliphatic heterocycles. The minimum atomic E-state index is -0.387. The molecule has 35 heavy (non-hydrogen) atoms. The van der Waals surface area contributed by atoms with E-state index >= 15 is 0 Å². The van der Waals surface area contributed by atoms with Crippen molar-refractivity contribution in [1.82, 2.24) is 0 Å². The van der Waals surface area contributed by atoms with Crippen LogP contribution in [0.5, 0.6) is 11.5 Å². The Balaban J connectivity index is 0.00000167. The SMILES string of the molecule is C=CC1c2ccccc2C(c2ccc(OCC)c(C)c2)(c2ccc(OCC)c(C)c2)C1C=C.CC. The van der Waals surface area contributed by atoms with E-state index in [1.54, 1.807) is 0 Å². The van der Waals surface area contributed by atoms with Crippen LogP contribution in [0.2, 0.25) is 0 Å². The van der Waals surface area contributed by atoms with Crippen LogP contribution in [0, 0.1) is 19.8 Å². The average molecular weight is 469 g/mol. The highest BCUT2D eigenvalue weighted by Gasteiger charge is 2.52. The predicted octanol–water partition coefficient (Wildman–Crippen LogP) is 8.55. The third kappa shape index (κ3) is 4.43. The number of hydrogen-bond acceptors (Lipinski definition) is 2. The van der Waals surface area contributed by atoms with E-state index in [9.17, 15) is 0 Å². The number of aryl methyl sites for hydroxylation is 2. The molecule has 3 aromatic carbocycles. The maximum Gasteiger partial charge on any atom is 0.122 e. The van der Waals surface area contributed by atoms with Gasteiger partial charge in [0, 0.05) is 11.8 Å². The van der Waals surface area contributed by atoms with Crippen LogP contribution >= 0.6 is 0 Å². The number of benzene rings is 3. The second kappa shape index (κ2) is 11.4. The van der Waals surface area contributed by atoms with Gasteiger partial charge in [0.2, 0.25) is 0 Å². The van der Waals surface area contributed by atoms with Gasteiger partial charge in [0.25, 0.3) is 0 Å². The molecule has 0 spiro atoms. The zero-order chi connectivity index (χ0) is 25.6. The highest BCUT2D eigenvalue weighted by molar-refractivity contribution is 5.63. The number of fused-ring (bicyclic) bond motifs is 1. The number of allylic oxidation sites excluding steroid dienone is 2. The molecular weight excluding hydrogens is 428 g/mol. The van der Waals surface area contributed by atoms with Crippen molar-refractivity contribution in [2.24, 2.45) is 5.92 Å². The van der Waals surface area contributed by atoms with Gasteiger partial charge in [-0.3, -0.25) is 0 Å². The molecule has 0 aromatic heterocycles. The van der Waals surface area contributed by atoms with Crippen LogP contribution < -0.4 is 9.47 Å². The van der Waals surface area contributed by atoms with Gasteiger partial charge >= 0.3 is 0 Å². The zero-order valence-corrected chi connectivity index (χ0v) is 22.2. The van der Waals surface area contributed by atoms with Gasteiger partial charge in [0.1, 0.15) is 11.5 Å². The Morgan fingerprint density at radius 1 is 0.771 bits per heavy atom. The standard InChI is InChI=1S/C31H34O2.C2H6/c1-7-25-26-13-11-12-14-28(26)31(27(25)8-2,23-15-17-29(32-9-3)21(5)19-23)24-16-18-30(33-10-4)22(6)20-24;1-2/h7-8,11-20,25,27H,1-2,9-10H2,3-6H3;1-2H3. The normalized spacial score (nSPS) is 17.5. The monoisotopic (exact) mass is 468 g/mol. The van der Waals surface area contributed by atoms with Crippen molar-refractivity contribution in [2.75, 3.05) is 13.2 Å². The zero-order valence-electron chi connectivity index (χ0n) is 22.2. The molecule has 0 heterocycles. The Labute approximate surface area is 212 Å². The van der Waals surface area contributed by atoms with Crippen molar-refractivity contribution in [2.45, 2.75) is 52.9 Å². The predicted molar refractivity (Wildman–Crippen MR) is 149 cm³/mol. The fourth-order valence-corrected chi connectivity index (χ4v) is 5.67. The Morgan fingerprint density at radius 3 is 1.71 bits per heavy atom. The summed E-state index contributed by atoms with van der Waals surface area (Å²) in [4.78, 5) is 0. The molecular formula is C33H40O2. The summed E-state index contributed by atoms with van der Waals surface area (Å²) in [5.74, 6) is 2.17. The number of rotatable bonds is 8. The van der Waals surface area contributed by atoms with Gasteiger partial charge < -0.3 is 9.47 Å². The molecule has 0 bridgehead atoms. The molecule has 0 saturated heterocycles. The molecule has 184 valence electrons. The van der Waals surface area contributed by atoms with Crippen molar-refractivity contribution in [3.05, 3.63) is 119 Å². The first-order valence-corrected chi connectivity index (χ1v) is 12.8. The van der Waals surface area contributed by atoms with Crippen molar-refractivity contribution in [3.8, 4) is 11.5 Å². The first kappa shape index (κ1) is 26.3. The second-order valence-electron chi connectivity index (χ2n) is 8.74. The van der Waals surface area contributed by atoms with E-state index in [-0.39, 0.29) is 17.3 Å². The van der Waals surface area contributed by atoms with E-state index in [1.165, 1.54) is 22.3 Å². The van der Waals surface area contributed by atoms with Gasteiger partial charge in [0.15, 0.2) is 0 Å². The van der Waals surface area contributed by atoms with E-state index in [0.29, 0.717) is 13.2 Å². The third-order valence-electron chi connectivity index (χ3n) is 7.00. The van der Waals surface area contributed by atoms with Crippen LogP contribution in [0.1, 0.15) is 67.0 Å². The molecule has 3 aromatic rings. The van der Waals surface area contributed by atoms with Crippen molar-refractivity contribution >= 4 is 0 Å². The van der Waals surface area contributed by atoms with E-state index in [2.05, 4.69) is 99.8 Å². The molecule has 0 radical (unpaired) electrons. The molecule has 2 atom stereocenters. The molecule has 1 aliphatic carbocycles. The summed E-state index contributed by atoms with van der Waals surface area (Å²) in [6.07, 6.45) is 4.19. The number of ether oxygens (including phenoxy) is 2. The lowest BCUT2D eigenvalue weighted by atomic mass is 9.63. The molecule has 4 rings (SSSR count). The van der Waals surface area contributed by atoms with Gasteiger partial charge in [0.05, 0.1) is 18.6 Å². The molecule has 0 fully saturated rings. The summed E-state index contributed by atoms with van der Waals surface area (Å²) in [5, 5.41) is 0. The lowest BCUT2D eigenvalue weighted by molar-refractivity contribution is 0.337. The molecule has 1 aliphatic rings. The minimum absolute atomic E-state index is 0.127. The summed E-state index contributed by atoms with van der Waals surface area (Å²) >= 11 is 0. The molecule has 0 amide bonds. The Bertz CT molecular complexity index is 1120. The first-order chi connectivity index (χ1) is 17.0. The van der Waals surface area contributed by atoms with Crippen LogP contribution in [0.25, 0.3) is 0 Å². The van der Waals surface area contributed by atoms with E-state index in [0.717, 1.165) is 22.6 Å². The molecule has 2 heteroatoms. The highest BCUT2D eigenvalue weighted by atomic mass is 16.5. The van der Waals surface area contributed by atoms with Crippen molar-refractivity contribution < 1.29 is 9.47 Å². The van der Waals surface area contributed by atoms with E-state index in [1.807, 2.05) is 27.7 Å². The van der Waals surface area contributed by atoms with E-state index < -0.39 is 0 Å². The fourth-order valence-electron chi connectivity index (χ4n) is 5.67. The Hall–Kier alpha value is -3.26. The number of hydrogen-bond donors (Lipinski definition) is 0. The summed E-state index contributed by atoms with van der Waals surface area (Å²) in [7, 11) is 0.